The van der Waals surface area contributed by atoms with E-state index in [-0.39, 0.29) is 11.0 Å². The number of rotatable bonds is 4. The predicted octanol–water partition coefficient (Wildman–Crippen LogP) is 2.89. The second-order valence-corrected chi connectivity index (χ2v) is 3.76. The van der Waals surface area contributed by atoms with Crippen LogP contribution in [0.15, 0.2) is 36.7 Å². The van der Waals surface area contributed by atoms with Gasteiger partial charge in [0.15, 0.2) is 5.15 Å². The lowest BCUT2D eigenvalue weighted by Crippen LogP contribution is -2.04. The summed E-state index contributed by atoms with van der Waals surface area (Å²) >= 11 is 5.65. The minimum absolute atomic E-state index is 0.228. The van der Waals surface area contributed by atoms with Gasteiger partial charge in [-0.3, -0.25) is 4.98 Å². The number of ether oxygens (including phenoxy) is 1. The molecule has 0 saturated heterocycles. The van der Waals surface area contributed by atoms with Crippen LogP contribution in [0, 0.1) is 5.82 Å². The highest BCUT2D eigenvalue weighted by Crippen LogP contribution is 2.11. The molecule has 0 aliphatic heterocycles. The van der Waals surface area contributed by atoms with Gasteiger partial charge in [-0.15, -0.1) is 0 Å². The van der Waals surface area contributed by atoms with Crippen molar-refractivity contribution in [3.8, 4) is 5.88 Å². The summed E-state index contributed by atoms with van der Waals surface area (Å²) in [7, 11) is 0. The van der Waals surface area contributed by atoms with Crippen molar-refractivity contribution in [2.75, 3.05) is 6.61 Å². The van der Waals surface area contributed by atoms with E-state index in [2.05, 4.69) is 9.97 Å². The van der Waals surface area contributed by atoms with Crippen molar-refractivity contribution in [2.24, 2.45) is 0 Å². The zero-order valence-electron chi connectivity index (χ0n) is 8.94. The molecule has 0 bridgehead atoms. The van der Waals surface area contributed by atoms with Gasteiger partial charge in [-0.2, -0.15) is 4.98 Å². The SMILES string of the molecule is Fc1ccccc1CCOc1cncc(Cl)n1. The van der Waals surface area contributed by atoms with Crippen LogP contribution in [0.5, 0.6) is 5.88 Å². The third-order valence-corrected chi connectivity index (χ3v) is 2.34. The second kappa shape index (κ2) is 5.59. The quantitative estimate of drug-likeness (QED) is 0.839. The van der Waals surface area contributed by atoms with Gasteiger partial charge in [0, 0.05) is 6.42 Å². The molecular formula is C12H10ClFN2O. The largest absolute Gasteiger partial charge is 0.476 e. The number of hydrogen-bond acceptors (Lipinski definition) is 3. The molecule has 0 N–H and O–H groups in total. The Morgan fingerprint density at radius 1 is 1.24 bits per heavy atom. The van der Waals surface area contributed by atoms with E-state index in [0.29, 0.717) is 24.5 Å². The lowest BCUT2D eigenvalue weighted by Gasteiger charge is -2.05. The number of halogens is 2. The van der Waals surface area contributed by atoms with Gasteiger partial charge in [0.25, 0.3) is 0 Å². The third-order valence-electron chi connectivity index (χ3n) is 2.16. The van der Waals surface area contributed by atoms with Crippen molar-refractivity contribution < 1.29 is 9.13 Å². The van der Waals surface area contributed by atoms with E-state index < -0.39 is 0 Å². The minimum atomic E-state index is -0.228. The summed E-state index contributed by atoms with van der Waals surface area (Å²) in [5, 5.41) is 0.272. The maximum absolute atomic E-state index is 13.3. The maximum Gasteiger partial charge on any atom is 0.233 e. The first-order valence-corrected chi connectivity index (χ1v) is 5.47. The van der Waals surface area contributed by atoms with Crippen LogP contribution >= 0.6 is 11.6 Å². The fraction of sp³-hybridized carbons (Fsp3) is 0.167. The Kier molecular flexibility index (Phi) is 3.88. The third kappa shape index (κ3) is 3.39. The number of aromatic nitrogens is 2. The van der Waals surface area contributed by atoms with Gasteiger partial charge in [-0.05, 0) is 11.6 Å². The van der Waals surface area contributed by atoms with Crippen LogP contribution in [0.2, 0.25) is 5.15 Å². The van der Waals surface area contributed by atoms with Crippen LogP contribution in [-0.4, -0.2) is 16.6 Å². The number of benzene rings is 1. The Hall–Kier alpha value is -1.68. The zero-order chi connectivity index (χ0) is 12.1. The Morgan fingerprint density at radius 3 is 2.82 bits per heavy atom. The van der Waals surface area contributed by atoms with E-state index in [1.807, 2.05) is 0 Å². The molecule has 0 unspecified atom stereocenters. The first-order valence-electron chi connectivity index (χ1n) is 5.09. The Morgan fingerprint density at radius 2 is 2.06 bits per heavy atom. The Bertz CT molecular complexity index is 507. The molecule has 1 aromatic heterocycles. The highest BCUT2D eigenvalue weighted by atomic mass is 35.5. The van der Waals surface area contributed by atoms with Crippen molar-refractivity contribution >= 4 is 11.6 Å². The van der Waals surface area contributed by atoms with E-state index in [0.717, 1.165) is 0 Å². The van der Waals surface area contributed by atoms with Crippen molar-refractivity contribution in [3.63, 3.8) is 0 Å². The molecule has 1 heterocycles. The molecule has 88 valence electrons. The van der Waals surface area contributed by atoms with Crippen molar-refractivity contribution in [1.82, 2.24) is 9.97 Å². The van der Waals surface area contributed by atoms with Gasteiger partial charge in [0.05, 0.1) is 19.0 Å². The summed E-state index contributed by atoms with van der Waals surface area (Å²) in [4.78, 5) is 7.75. The van der Waals surface area contributed by atoms with Crippen LogP contribution in [0.3, 0.4) is 0 Å². The average Bonchev–Trinajstić information content (AvgIpc) is 2.32. The molecule has 17 heavy (non-hydrogen) atoms. The molecule has 0 radical (unpaired) electrons. The van der Waals surface area contributed by atoms with Gasteiger partial charge in [-0.1, -0.05) is 29.8 Å². The first-order chi connectivity index (χ1) is 8.25. The Balaban J connectivity index is 1.90. The van der Waals surface area contributed by atoms with Crippen molar-refractivity contribution in [1.29, 1.82) is 0 Å². The monoisotopic (exact) mass is 252 g/mol. The lowest BCUT2D eigenvalue weighted by molar-refractivity contribution is 0.306. The molecule has 0 atom stereocenters. The van der Waals surface area contributed by atoms with E-state index in [1.54, 1.807) is 18.2 Å². The molecule has 0 fully saturated rings. The molecule has 5 heteroatoms. The fourth-order valence-electron chi connectivity index (χ4n) is 1.36. The van der Waals surface area contributed by atoms with E-state index in [9.17, 15) is 4.39 Å². The van der Waals surface area contributed by atoms with Gasteiger partial charge in [0.1, 0.15) is 5.82 Å². The summed E-state index contributed by atoms with van der Waals surface area (Å²) in [6, 6.07) is 6.59. The molecule has 0 saturated carbocycles. The molecule has 0 aliphatic carbocycles. The first kappa shape index (κ1) is 11.8. The molecule has 2 rings (SSSR count). The maximum atomic E-state index is 13.3. The van der Waals surface area contributed by atoms with Gasteiger partial charge in [0.2, 0.25) is 5.88 Å². The van der Waals surface area contributed by atoms with Crippen LogP contribution in [0.1, 0.15) is 5.56 Å². The minimum Gasteiger partial charge on any atom is -0.476 e. The normalized spacial score (nSPS) is 10.2. The number of nitrogens with zero attached hydrogens (tertiary/aromatic N) is 2. The van der Waals surface area contributed by atoms with E-state index in [1.165, 1.54) is 18.5 Å². The van der Waals surface area contributed by atoms with Crippen LogP contribution in [0.4, 0.5) is 4.39 Å². The van der Waals surface area contributed by atoms with E-state index >= 15 is 0 Å². The second-order valence-electron chi connectivity index (χ2n) is 3.37. The fourth-order valence-corrected chi connectivity index (χ4v) is 1.50. The topological polar surface area (TPSA) is 35.0 Å². The number of hydrogen-bond donors (Lipinski definition) is 0. The average molecular weight is 253 g/mol. The summed E-state index contributed by atoms with van der Waals surface area (Å²) in [5.41, 5.74) is 0.613. The summed E-state index contributed by atoms with van der Waals surface area (Å²) in [6.07, 6.45) is 3.36. The van der Waals surface area contributed by atoms with E-state index in [4.69, 9.17) is 16.3 Å². The van der Waals surface area contributed by atoms with Crippen LogP contribution in [0.25, 0.3) is 0 Å². The molecule has 0 spiro atoms. The lowest BCUT2D eigenvalue weighted by atomic mass is 10.1. The van der Waals surface area contributed by atoms with Crippen molar-refractivity contribution in [3.05, 3.63) is 53.2 Å². The standard InChI is InChI=1S/C12H10ClFN2O/c13-11-7-15-8-12(16-11)17-6-5-9-3-1-2-4-10(9)14/h1-4,7-8H,5-6H2. The summed E-state index contributed by atoms with van der Waals surface area (Å²) in [6.45, 7) is 0.329. The zero-order valence-corrected chi connectivity index (χ0v) is 9.69. The highest BCUT2D eigenvalue weighted by molar-refractivity contribution is 6.29. The van der Waals surface area contributed by atoms with Crippen LogP contribution < -0.4 is 4.74 Å². The van der Waals surface area contributed by atoms with Crippen LogP contribution in [-0.2, 0) is 6.42 Å². The molecular weight excluding hydrogens is 243 g/mol. The molecule has 0 aliphatic rings. The Labute approximate surface area is 103 Å². The molecule has 1 aromatic carbocycles. The molecule has 3 nitrogen and oxygen atoms in total. The summed E-state index contributed by atoms with van der Waals surface area (Å²) < 4.78 is 18.6. The summed E-state index contributed by atoms with van der Waals surface area (Å²) in [5.74, 6) is 0.113. The van der Waals surface area contributed by atoms with Gasteiger partial charge in [-0.25, -0.2) is 4.39 Å². The van der Waals surface area contributed by atoms with Gasteiger partial charge < -0.3 is 4.74 Å². The molecule has 0 amide bonds. The predicted molar refractivity (Wildman–Crippen MR) is 62.6 cm³/mol. The highest BCUT2D eigenvalue weighted by Gasteiger charge is 2.02. The smallest absolute Gasteiger partial charge is 0.233 e. The van der Waals surface area contributed by atoms with Crippen molar-refractivity contribution in [2.45, 2.75) is 6.42 Å². The van der Waals surface area contributed by atoms with Gasteiger partial charge >= 0.3 is 0 Å². The molecule has 2 aromatic rings.